The summed E-state index contributed by atoms with van der Waals surface area (Å²) in [5, 5.41) is 10.7. The average molecular weight is 617 g/mol. The minimum Gasteiger partial charge on any atom is -0.512 e. The van der Waals surface area contributed by atoms with E-state index >= 15 is 0 Å². The van der Waals surface area contributed by atoms with Gasteiger partial charge in [0.05, 0.1) is 11.1 Å². The maximum Gasteiger partial charge on any atom is 0.417 e. The van der Waals surface area contributed by atoms with Crippen molar-refractivity contribution in [3.63, 3.8) is 0 Å². The second-order valence-corrected chi connectivity index (χ2v) is 12.4. The highest BCUT2D eigenvalue weighted by atomic mass is 32.2. The van der Waals surface area contributed by atoms with E-state index < -0.39 is 44.3 Å². The van der Waals surface area contributed by atoms with Gasteiger partial charge in [-0.05, 0) is 67.5 Å². The third-order valence-electron chi connectivity index (χ3n) is 7.66. The van der Waals surface area contributed by atoms with Crippen molar-refractivity contribution in [3.05, 3.63) is 101 Å². The van der Waals surface area contributed by atoms with Crippen LogP contribution in [0.15, 0.2) is 89.3 Å². The van der Waals surface area contributed by atoms with E-state index in [0.29, 0.717) is 43.5 Å². The summed E-state index contributed by atoms with van der Waals surface area (Å²) in [5.74, 6) is -1.22. The van der Waals surface area contributed by atoms with E-state index in [1.807, 2.05) is 37.3 Å². The van der Waals surface area contributed by atoms with Gasteiger partial charge >= 0.3 is 12.1 Å². The number of unbranched alkanes of at least 4 members (excludes halogenated alkanes) is 1. The number of carbonyl (C=O) groups is 1. The molecular weight excluding hydrogens is 581 g/mol. The first-order chi connectivity index (χ1) is 20.4. The van der Waals surface area contributed by atoms with Crippen LogP contribution in [0.3, 0.4) is 0 Å². The smallest absolute Gasteiger partial charge is 0.417 e. The first-order valence-electron chi connectivity index (χ1n) is 14.2. The Morgan fingerprint density at radius 1 is 1.05 bits per heavy atom. The minimum atomic E-state index is -4.65. The summed E-state index contributed by atoms with van der Waals surface area (Å²) < 4.78 is 72.8. The van der Waals surface area contributed by atoms with Crippen molar-refractivity contribution in [2.45, 2.75) is 81.5 Å². The fraction of sp³-hybridized carbons (Fsp3) is 0.375. The molecule has 0 fully saturated rings. The number of nitrogens with one attached hydrogen (secondary N) is 1. The van der Waals surface area contributed by atoms with Crippen LogP contribution in [0.2, 0.25) is 0 Å². The Morgan fingerprint density at radius 2 is 1.79 bits per heavy atom. The second-order valence-electron chi connectivity index (χ2n) is 10.8. The fourth-order valence-corrected chi connectivity index (χ4v) is 6.39. The molecule has 4 rings (SSSR count). The number of aryl methyl sites for hydroxylation is 1. The van der Waals surface area contributed by atoms with Crippen LogP contribution in [-0.4, -0.2) is 30.1 Å². The zero-order valence-electron chi connectivity index (χ0n) is 24.0. The van der Waals surface area contributed by atoms with Crippen molar-refractivity contribution < 1.29 is 36.2 Å². The summed E-state index contributed by atoms with van der Waals surface area (Å²) in [6, 6.07) is 17.6. The third kappa shape index (κ3) is 7.76. The van der Waals surface area contributed by atoms with E-state index in [4.69, 9.17) is 4.74 Å². The number of rotatable bonds is 12. The number of sulfonamides is 1. The van der Waals surface area contributed by atoms with Crippen LogP contribution >= 0.6 is 0 Å². The van der Waals surface area contributed by atoms with E-state index in [1.54, 1.807) is 12.1 Å². The molecule has 0 saturated carbocycles. The quantitative estimate of drug-likeness (QED) is 0.202. The molecule has 2 aromatic carbocycles. The first kappa shape index (κ1) is 32.1. The number of pyridine rings is 1. The van der Waals surface area contributed by atoms with Crippen molar-refractivity contribution in [2.75, 3.05) is 4.72 Å². The number of aromatic nitrogens is 1. The van der Waals surface area contributed by atoms with E-state index in [-0.39, 0.29) is 23.4 Å². The van der Waals surface area contributed by atoms with Gasteiger partial charge in [0.2, 0.25) is 0 Å². The van der Waals surface area contributed by atoms with Gasteiger partial charge < -0.3 is 9.84 Å². The lowest BCUT2D eigenvalue weighted by Crippen LogP contribution is -2.41. The summed E-state index contributed by atoms with van der Waals surface area (Å²) in [5.41, 5.74) is 0.0418. The highest BCUT2D eigenvalue weighted by Gasteiger charge is 2.43. The van der Waals surface area contributed by atoms with Crippen LogP contribution in [0.5, 0.6) is 0 Å². The van der Waals surface area contributed by atoms with Crippen LogP contribution in [0.1, 0.15) is 75.0 Å². The molecule has 230 valence electrons. The number of cyclic esters (lactones) is 1. The SMILES string of the molecule is CCCC[C@@]1(CCc2ccccc2)CC(O)=C(C(CC)c2cccc(NS(=O)(=O)c3ccc(C(F)(F)F)cn3)c2)C(=O)O1. The molecule has 11 heteroatoms. The average Bonchev–Trinajstić information content (AvgIpc) is 2.97. The predicted molar refractivity (Wildman–Crippen MR) is 157 cm³/mol. The first-order valence-corrected chi connectivity index (χ1v) is 15.7. The second kappa shape index (κ2) is 13.2. The summed E-state index contributed by atoms with van der Waals surface area (Å²) in [6.45, 7) is 3.90. The van der Waals surface area contributed by atoms with Gasteiger partial charge in [0.1, 0.15) is 11.4 Å². The zero-order valence-corrected chi connectivity index (χ0v) is 24.8. The molecular formula is C32H35F3N2O5S. The van der Waals surface area contributed by atoms with Crippen molar-refractivity contribution in [1.82, 2.24) is 4.98 Å². The van der Waals surface area contributed by atoms with Gasteiger partial charge in [-0.15, -0.1) is 0 Å². The fourth-order valence-electron chi connectivity index (χ4n) is 5.41. The standard InChI is InChI=1S/C32H35F3N2O5S/c1-3-5-17-31(18-16-22-10-7-6-8-11-22)20-27(38)29(30(39)42-31)26(4-2)23-12-9-13-25(19-23)37-43(40,41)28-15-14-24(21-36-28)32(33,34)35/h6-15,19,21,26,37-38H,3-5,16-18,20H2,1-2H3/t26?,31-/m1/s1. The number of benzene rings is 2. The largest absolute Gasteiger partial charge is 0.512 e. The number of alkyl halides is 3. The summed E-state index contributed by atoms with van der Waals surface area (Å²) in [4.78, 5) is 17.0. The van der Waals surface area contributed by atoms with Gasteiger partial charge in [0.25, 0.3) is 10.0 Å². The Hall–Kier alpha value is -3.86. The number of ether oxygens (including phenoxy) is 1. The highest BCUT2D eigenvalue weighted by Crippen LogP contribution is 2.42. The number of esters is 1. The molecule has 1 aromatic heterocycles. The van der Waals surface area contributed by atoms with Gasteiger partial charge in [-0.25, -0.2) is 9.78 Å². The third-order valence-corrected chi connectivity index (χ3v) is 8.96. The van der Waals surface area contributed by atoms with Crippen molar-refractivity contribution >= 4 is 21.7 Å². The Labute approximate surface area is 249 Å². The normalized spacial score (nSPS) is 18.3. The number of nitrogens with zero attached hydrogens (tertiary/aromatic N) is 1. The van der Waals surface area contributed by atoms with Crippen molar-refractivity contribution in [3.8, 4) is 0 Å². The molecule has 0 saturated heterocycles. The lowest BCUT2D eigenvalue weighted by molar-refractivity contribution is -0.161. The molecule has 1 unspecified atom stereocenters. The van der Waals surface area contributed by atoms with E-state index in [0.717, 1.165) is 24.5 Å². The minimum absolute atomic E-state index is 0.0350. The van der Waals surface area contributed by atoms with Gasteiger partial charge in [0.15, 0.2) is 5.03 Å². The number of carbonyl (C=O) groups excluding carboxylic acids is 1. The number of hydrogen-bond donors (Lipinski definition) is 2. The topological polar surface area (TPSA) is 106 Å². The van der Waals surface area contributed by atoms with Crippen molar-refractivity contribution in [2.24, 2.45) is 0 Å². The Balaban J connectivity index is 1.57. The molecule has 2 N–H and O–H groups in total. The zero-order chi connectivity index (χ0) is 31.3. The number of halogens is 3. The highest BCUT2D eigenvalue weighted by molar-refractivity contribution is 7.92. The molecule has 43 heavy (non-hydrogen) atoms. The monoisotopic (exact) mass is 616 g/mol. The van der Waals surface area contributed by atoms with Crippen LogP contribution in [0.4, 0.5) is 18.9 Å². The van der Waals surface area contributed by atoms with Crippen LogP contribution in [0.25, 0.3) is 0 Å². The maximum absolute atomic E-state index is 13.5. The number of aliphatic hydroxyl groups excluding tert-OH is 1. The molecule has 0 bridgehead atoms. The van der Waals surface area contributed by atoms with Crippen LogP contribution in [-0.2, 0) is 32.2 Å². The molecule has 2 atom stereocenters. The maximum atomic E-state index is 13.5. The van der Waals surface area contributed by atoms with Gasteiger partial charge in [-0.3, -0.25) is 4.72 Å². The van der Waals surface area contributed by atoms with E-state index in [9.17, 15) is 31.5 Å². The van der Waals surface area contributed by atoms with E-state index in [1.165, 1.54) is 12.1 Å². The lowest BCUT2D eigenvalue weighted by Gasteiger charge is -2.39. The van der Waals surface area contributed by atoms with Crippen molar-refractivity contribution in [1.29, 1.82) is 0 Å². The van der Waals surface area contributed by atoms with E-state index in [2.05, 4.69) is 16.6 Å². The molecule has 0 spiro atoms. The summed E-state index contributed by atoms with van der Waals surface area (Å²) in [7, 11) is -4.31. The Kier molecular flexibility index (Phi) is 9.84. The van der Waals surface area contributed by atoms with Gasteiger partial charge in [0, 0.05) is 24.2 Å². The number of hydrogen-bond acceptors (Lipinski definition) is 6. The summed E-state index contributed by atoms with van der Waals surface area (Å²) in [6.07, 6.45) is 0.0144. The van der Waals surface area contributed by atoms with Crippen LogP contribution in [0, 0.1) is 0 Å². The number of aliphatic hydroxyl groups is 1. The molecule has 7 nitrogen and oxygen atoms in total. The summed E-state index contributed by atoms with van der Waals surface area (Å²) >= 11 is 0. The lowest BCUT2D eigenvalue weighted by atomic mass is 9.79. The molecule has 0 amide bonds. The molecule has 0 radical (unpaired) electrons. The molecule has 0 aliphatic carbocycles. The predicted octanol–water partition coefficient (Wildman–Crippen LogP) is 7.72. The van der Waals surface area contributed by atoms with Gasteiger partial charge in [-0.2, -0.15) is 21.6 Å². The number of anilines is 1. The Bertz CT molecular complexity index is 1560. The Morgan fingerprint density at radius 3 is 2.40 bits per heavy atom. The molecule has 3 aromatic rings. The van der Waals surface area contributed by atoms with Crippen LogP contribution < -0.4 is 4.72 Å². The molecule has 1 aliphatic heterocycles. The van der Waals surface area contributed by atoms with Gasteiger partial charge in [-0.1, -0.05) is 62.7 Å². The molecule has 1 aliphatic rings. The molecule has 2 heterocycles.